The molecule has 2 rings (SSSR count). The van der Waals surface area contributed by atoms with E-state index in [2.05, 4.69) is 16.4 Å². The molecular weight excluding hydrogens is 156 g/mol. The maximum absolute atomic E-state index is 4.25. The summed E-state index contributed by atoms with van der Waals surface area (Å²) in [6.07, 6.45) is 5.26. The fraction of sp³-hybridized carbons (Fsp3) is 0.375. The van der Waals surface area contributed by atoms with Crippen molar-refractivity contribution in [2.75, 3.05) is 13.1 Å². The summed E-state index contributed by atoms with van der Waals surface area (Å²) in [5.41, 5.74) is 1.35. The molecule has 3 heteroatoms. The van der Waals surface area contributed by atoms with Crippen LogP contribution in [0.4, 0.5) is 0 Å². The Morgan fingerprint density at radius 2 is 2.55 bits per heavy atom. The van der Waals surface area contributed by atoms with Gasteiger partial charge in [-0.3, -0.25) is 0 Å². The van der Waals surface area contributed by atoms with Gasteiger partial charge in [0, 0.05) is 18.1 Å². The van der Waals surface area contributed by atoms with Crippen LogP contribution in [-0.4, -0.2) is 18.1 Å². The van der Waals surface area contributed by atoms with Crippen molar-refractivity contribution in [1.29, 1.82) is 0 Å². The molecule has 1 aliphatic rings. The molecule has 0 bridgehead atoms. The van der Waals surface area contributed by atoms with Crippen molar-refractivity contribution >= 4 is 16.9 Å². The van der Waals surface area contributed by atoms with Crippen molar-refractivity contribution in [2.45, 2.75) is 6.42 Å². The lowest BCUT2D eigenvalue weighted by Crippen LogP contribution is -2.21. The number of aromatic nitrogens is 1. The van der Waals surface area contributed by atoms with Gasteiger partial charge in [-0.15, -0.1) is 11.3 Å². The number of rotatable bonds is 1. The Balaban J connectivity index is 2.22. The second-order valence-electron chi connectivity index (χ2n) is 2.53. The van der Waals surface area contributed by atoms with E-state index in [1.807, 2.05) is 11.6 Å². The molecular formula is C8H10N2S. The van der Waals surface area contributed by atoms with Crippen LogP contribution in [0.15, 0.2) is 17.7 Å². The molecule has 1 N–H and O–H groups in total. The maximum Gasteiger partial charge on any atom is 0.120 e. The van der Waals surface area contributed by atoms with E-state index >= 15 is 0 Å². The molecule has 58 valence electrons. The molecule has 2 nitrogen and oxygen atoms in total. The predicted octanol–water partition coefficient (Wildman–Crippen LogP) is 1.52. The van der Waals surface area contributed by atoms with Gasteiger partial charge in [0.25, 0.3) is 0 Å². The van der Waals surface area contributed by atoms with E-state index < -0.39 is 0 Å². The third kappa shape index (κ3) is 1.49. The average Bonchev–Trinajstić information content (AvgIpc) is 2.58. The standard InChI is InChI=1S/C8H10N2S/c1-2-7(6-9-3-1)8-10-4-5-11-8/h2,4-5,9H,1,3,6H2. The molecule has 1 aliphatic heterocycles. The summed E-state index contributed by atoms with van der Waals surface area (Å²) >= 11 is 1.71. The molecule has 0 aliphatic carbocycles. The SMILES string of the molecule is C1=C(c2nccs2)CNCC1. The predicted molar refractivity (Wildman–Crippen MR) is 47.6 cm³/mol. The topological polar surface area (TPSA) is 24.9 Å². The second-order valence-corrected chi connectivity index (χ2v) is 3.43. The third-order valence-electron chi connectivity index (χ3n) is 1.73. The fourth-order valence-corrected chi connectivity index (χ4v) is 1.87. The summed E-state index contributed by atoms with van der Waals surface area (Å²) in [6.45, 7) is 2.09. The molecule has 0 atom stereocenters. The van der Waals surface area contributed by atoms with Gasteiger partial charge >= 0.3 is 0 Å². The molecule has 2 heterocycles. The molecule has 0 saturated heterocycles. The first-order valence-corrected chi connectivity index (χ1v) is 4.64. The van der Waals surface area contributed by atoms with E-state index in [0.717, 1.165) is 24.5 Å². The van der Waals surface area contributed by atoms with Gasteiger partial charge in [-0.05, 0) is 18.5 Å². The van der Waals surface area contributed by atoms with Gasteiger partial charge in [0.2, 0.25) is 0 Å². The van der Waals surface area contributed by atoms with Gasteiger partial charge in [0.05, 0.1) is 0 Å². The van der Waals surface area contributed by atoms with E-state index in [9.17, 15) is 0 Å². The van der Waals surface area contributed by atoms with Crippen molar-refractivity contribution in [3.05, 3.63) is 22.7 Å². The zero-order valence-electron chi connectivity index (χ0n) is 6.21. The highest BCUT2D eigenvalue weighted by Gasteiger charge is 2.06. The Hall–Kier alpha value is -0.670. The summed E-state index contributed by atoms with van der Waals surface area (Å²) in [7, 11) is 0. The lowest BCUT2D eigenvalue weighted by atomic mass is 10.2. The van der Waals surface area contributed by atoms with E-state index in [1.165, 1.54) is 5.57 Å². The summed E-state index contributed by atoms with van der Waals surface area (Å²) in [4.78, 5) is 4.25. The highest BCUT2D eigenvalue weighted by atomic mass is 32.1. The first-order valence-electron chi connectivity index (χ1n) is 3.76. The van der Waals surface area contributed by atoms with Crippen molar-refractivity contribution in [1.82, 2.24) is 10.3 Å². The summed E-state index contributed by atoms with van der Waals surface area (Å²) in [5.74, 6) is 0. The van der Waals surface area contributed by atoms with Crippen LogP contribution in [0.3, 0.4) is 0 Å². The molecule has 0 aromatic carbocycles. The quantitative estimate of drug-likeness (QED) is 0.684. The number of hydrogen-bond donors (Lipinski definition) is 1. The van der Waals surface area contributed by atoms with Gasteiger partial charge in [-0.2, -0.15) is 0 Å². The molecule has 11 heavy (non-hydrogen) atoms. The van der Waals surface area contributed by atoms with E-state index in [0.29, 0.717) is 0 Å². The molecule has 0 radical (unpaired) electrons. The van der Waals surface area contributed by atoms with Crippen LogP contribution in [0.2, 0.25) is 0 Å². The Morgan fingerprint density at radius 3 is 3.18 bits per heavy atom. The Bertz CT molecular complexity index is 251. The average molecular weight is 166 g/mol. The van der Waals surface area contributed by atoms with E-state index in [1.54, 1.807) is 11.3 Å². The Labute approximate surface area is 70.0 Å². The molecule has 1 aromatic rings. The van der Waals surface area contributed by atoms with Crippen LogP contribution in [0, 0.1) is 0 Å². The molecule has 0 fully saturated rings. The van der Waals surface area contributed by atoms with E-state index in [4.69, 9.17) is 0 Å². The van der Waals surface area contributed by atoms with Crippen molar-refractivity contribution in [2.24, 2.45) is 0 Å². The molecule has 1 aromatic heterocycles. The highest BCUT2D eigenvalue weighted by molar-refractivity contribution is 7.10. The number of nitrogens with zero attached hydrogens (tertiary/aromatic N) is 1. The highest BCUT2D eigenvalue weighted by Crippen LogP contribution is 2.18. The van der Waals surface area contributed by atoms with Crippen LogP contribution in [-0.2, 0) is 0 Å². The first kappa shape index (κ1) is 7.00. The van der Waals surface area contributed by atoms with Crippen LogP contribution in [0.1, 0.15) is 11.4 Å². The van der Waals surface area contributed by atoms with Gasteiger partial charge < -0.3 is 5.32 Å². The van der Waals surface area contributed by atoms with Gasteiger partial charge in [0.1, 0.15) is 5.01 Å². The number of thiazole rings is 1. The second kappa shape index (κ2) is 3.15. The lowest BCUT2D eigenvalue weighted by molar-refractivity contribution is 0.738. The van der Waals surface area contributed by atoms with Crippen molar-refractivity contribution in [3.63, 3.8) is 0 Å². The summed E-state index contributed by atoms with van der Waals surface area (Å²) < 4.78 is 0. The van der Waals surface area contributed by atoms with Crippen LogP contribution >= 0.6 is 11.3 Å². The van der Waals surface area contributed by atoms with Gasteiger partial charge in [0.15, 0.2) is 0 Å². The largest absolute Gasteiger partial charge is 0.312 e. The minimum absolute atomic E-state index is 0.980. The monoisotopic (exact) mass is 166 g/mol. The van der Waals surface area contributed by atoms with Crippen LogP contribution in [0.25, 0.3) is 5.57 Å². The van der Waals surface area contributed by atoms with Crippen molar-refractivity contribution in [3.8, 4) is 0 Å². The number of nitrogens with one attached hydrogen (secondary N) is 1. The lowest BCUT2D eigenvalue weighted by Gasteiger charge is -2.11. The van der Waals surface area contributed by atoms with Gasteiger partial charge in [-0.25, -0.2) is 4.98 Å². The van der Waals surface area contributed by atoms with Crippen LogP contribution in [0.5, 0.6) is 0 Å². The van der Waals surface area contributed by atoms with Crippen LogP contribution < -0.4 is 5.32 Å². The smallest absolute Gasteiger partial charge is 0.120 e. The Morgan fingerprint density at radius 1 is 1.55 bits per heavy atom. The zero-order chi connectivity index (χ0) is 7.52. The first-order chi connectivity index (χ1) is 5.47. The van der Waals surface area contributed by atoms with Crippen molar-refractivity contribution < 1.29 is 0 Å². The molecule has 0 saturated carbocycles. The Kier molecular flexibility index (Phi) is 2.01. The zero-order valence-corrected chi connectivity index (χ0v) is 7.03. The molecule has 0 amide bonds. The number of hydrogen-bond acceptors (Lipinski definition) is 3. The molecule has 0 spiro atoms. The van der Waals surface area contributed by atoms with E-state index in [-0.39, 0.29) is 0 Å². The normalized spacial score (nSPS) is 18.0. The maximum atomic E-state index is 4.25. The summed E-state index contributed by atoms with van der Waals surface area (Å²) in [6, 6.07) is 0. The minimum atomic E-state index is 0.980. The van der Waals surface area contributed by atoms with Gasteiger partial charge in [-0.1, -0.05) is 6.08 Å². The fourth-order valence-electron chi connectivity index (χ4n) is 1.19. The molecule has 0 unspecified atom stereocenters. The summed E-state index contributed by atoms with van der Waals surface area (Å²) in [5, 5.41) is 6.50. The third-order valence-corrected chi connectivity index (χ3v) is 2.58. The minimum Gasteiger partial charge on any atom is -0.312 e.